The van der Waals surface area contributed by atoms with Crippen molar-refractivity contribution in [3.05, 3.63) is 40.8 Å². The number of rotatable bonds is 2. The summed E-state index contributed by atoms with van der Waals surface area (Å²) in [6.07, 6.45) is 10.5. The van der Waals surface area contributed by atoms with E-state index in [-0.39, 0.29) is 5.91 Å². The van der Waals surface area contributed by atoms with Crippen molar-refractivity contribution in [3.8, 4) is 0 Å². The van der Waals surface area contributed by atoms with Crippen molar-refractivity contribution in [2.45, 2.75) is 38.5 Å². The van der Waals surface area contributed by atoms with Crippen LogP contribution in [0.2, 0.25) is 0 Å². The highest BCUT2D eigenvalue weighted by Crippen LogP contribution is 2.28. The van der Waals surface area contributed by atoms with E-state index in [0.29, 0.717) is 16.5 Å². The second-order valence-corrected chi connectivity index (χ2v) is 6.79. The van der Waals surface area contributed by atoms with Gasteiger partial charge in [-0.3, -0.25) is 10.1 Å². The number of anilines is 1. The normalized spacial score (nSPS) is 15.0. The van der Waals surface area contributed by atoms with Crippen LogP contribution in [-0.4, -0.2) is 25.5 Å². The first-order valence-electron chi connectivity index (χ1n) is 7.90. The maximum atomic E-state index is 12.4. The summed E-state index contributed by atoms with van der Waals surface area (Å²) in [6, 6.07) is 3.46. The van der Waals surface area contributed by atoms with Gasteiger partial charge in [0.15, 0.2) is 16.5 Å². The zero-order chi connectivity index (χ0) is 15.6. The van der Waals surface area contributed by atoms with Crippen LogP contribution < -0.4 is 5.32 Å². The molecule has 23 heavy (non-hydrogen) atoms. The van der Waals surface area contributed by atoms with E-state index in [0.717, 1.165) is 18.5 Å². The Bertz CT molecular complexity index is 795. The number of hydrogen-bond acceptors (Lipinski definition) is 5. The fraction of sp³-hybridized carbons (Fsp3) is 0.375. The van der Waals surface area contributed by atoms with E-state index in [1.807, 2.05) is 0 Å². The fourth-order valence-electron chi connectivity index (χ4n) is 2.86. The molecule has 0 unspecified atom stereocenters. The molecule has 7 heteroatoms. The quantitative estimate of drug-likeness (QED) is 0.785. The summed E-state index contributed by atoms with van der Waals surface area (Å²) in [7, 11) is 0. The van der Waals surface area contributed by atoms with Crippen molar-refractivity contribution in [2.75, 3.05) is 5.32 Å². The molecular formula is C16H17N5OS. The molecule has 6 nitrogen and oxygen atoms in total. The number of carbonyl (C=O) groups is 1. The lowest BCUT2D eigenvalue weighted by molar-refractivity contribution is 0.102. The average molecular weight is 327 g/mol. The Morgan fingerprint density at radius 3 is 2.96 bits per heavy atom. The lowest BCUT2D eigenvalue weighted by Crippen LogP contribution is -2.12. The van der Waals surface area contributed by atoms with Gasteiger partial charge in [0.2, 0.25) is 0 Å². The number of thiazole rings is 1. The molecule has 118 valence electrons. The number of hydrogen-bond donors (Lipinski definition) is 1. The molecule has 4 rings (SSSR count). The summed E-state index contributed by atoms with van der Waals surface area (Å²) < 4.78 is 1.59. The topological polar surface area (TPSA) is 72.2 Å². The van der Waals surface area contributed by atoms with Gasteiger partial charge in [-0.15, -0.1) is 11.3 Å². The average Bonchev–Trinajstić information content (AvgIpc) is 3.11. The monoisotopic (exact) mass is 327 g/mol. The summed E-state index contributed by atoms with van der Waals surface area (Å²) in [6.45, 7) is 0. The molecule has 0 atom stereocenters. The third-order valence-corrected chi connectivity index (χ3v) is 5.11. The van der Waals surface area contributed by atoms with Crippen LogP contribution in [0.3, 0.4) is 0 Å². The van der Waals surface area contributed by atoms with Crippen molar-refractivity contribution in [1.29, 1.82) is 0 Å². The molecule has 0 bridgehead atoms. The summed E-state index contributed by atoms with van der Waals surface area (Å²) in [5, 5.41) is 7.79. The molecule has 3 aromatic heterocycles. The molecule has 3 aromatic rings. The summed E-state index contributed by atoms with van der Waals surface area (Å²) in [5.74, 6) is -0.239. The van der Waals surface area contributed by atoms with Crippen LogP contribution in [-0.2, 0) is 12.8 Å². The molecule has 1 amide bonds. The van der Waals surface area contributed by atoms with Crippen LogP contribution in [0.25, 0.3) is 5.65 Å². The molecule has 1 aliphatic carbocycles. The number of carbonyl (C=O) groups excluding carboxylic acids is 1. The van der Waals surface area contributed by atoms with Gasteiger partial charge in [0, 0.05) is 23.3 Å². The minimum Gasteiger partial charge on any atom is -0.296 e. The van der Waals surface area contributed by atoms with Gasteiger partial charge in [-0.1, -0.05) is 12.8 Å². The third-order valence-electron chi connectivity index (χ3n) is 4.03. The van der Waals surface area contributed by atoms with Gasteiger partial charge in [-0.2, -0.15) is 5.10 Å². The summed E-state index contributed by atoms with van der Waals surface area (Å²) in [5.41, 5.74) is 2.16. The Morgan fingerprint density at radius 2 is 2.09 bits per heavy atom. The van der Waals surface area contributed by atoms with Crippen molar-refractivity contribution in [3.63, 3.8) is 0 Å². The smallest absolute Gasteiger partial charge is 0.278 e. The number of nitrogens with one attached hydrogen (secondary N) is 1. The molecule has 1 N–H and O–H groups in total. The van der Waals surface area contributed by atoms with Gasteiger partial charge in [0.25, 0.3) is 5.91 Å². The van der Waals surface area contributed by atoms with Gasteiger partial charge in [0.1, 0.15) is 0 Å². The second kappa shape index (κ2) is 6.08. The van der Waals surface area contributed by atoms with Gasteiger partial charge in [0.05, 0.1) is 5.69 Å². The van der Waals surface area contributed by atoms with E-state index in [1.54, 1.807) is 40.4 Å². The lowest BCUT2D eigenvalue weighted by Gasteiger charge is -2.06. The Kier molecular flexibility index (Phi) is 3.78. The van der Waals surface area contributed by atoms with E-state index in [4.69, 9.17) is 0 Å². The fourth-order valence-corrected chi connectivity index (χ4v) is 3.91. The molecule has 0 saturated carbocycles. The van der Waals surface area contributed by atoms with Crippen LogP contribution in [0.4, 0.5) is 5.13 Å². The highest BCUT2D eigenvalue weighted by Gasteiger charge is 2.17. The first kappa shape index (κ1) is 14.3. The first-order chi connectivity index (χ1) is 11.3. The minimum absolute atomic E-state index is 0.239. The Labute approximate surface area is 137 Å². The van der Waals surface area contributed by atoms with Gasteiger partial charge >= 0.3 is 0 Å². The predicted octanol–water partition coefficient (Wildman–Crippen LogP) is 3.10. The Balaban J connectivity index is 1.55. The molecule has 3 heterocycles. The molecule has 0 spiro atoms. The van der Waals surface area contributed by atoms with E-state index in [9.17, 15) is 4.79 Å². The Morgan fingerprint density at radius 1 is 1.22 bits per heavy atom. The molecule has 0 aliphatic heterocycles. The standard InChI is InChI=1S/C16H17N5OS/c22-15(12-10-14-17-8-5-9-21(14)20-12)19-16-18-11-6-3-1-2-4-7-13(11)23-16/h5,8-10H,1-4,6-7H2,(H,18,19,22). The molecule has 0 radical (unpaired) electrons. The summed E-state index contributed by atoms with van der Waals surface area (Å²) in [4.78, 5) is 22.5. The summed E-state index contributed by atoms with van der Waals surface area (Å²) >= 11 is 1.59. The molecule has 0 aromatic carbocycles. The molecule has 0 fully saturated rings. The van der Waals surface area contributed by atoms with Crippen molar-refractivity contribution >= 4 is 28.0 Å². The van der Waals surface area contributed by atoms with Crippen molar-refractivity contribution in [2.24, 2.45) is 0 Å². The van der Waals surface area contributed by atoms with E-state index in [1.165, 1.54) is 30.6 Å². The number of amides is 1. The highest BCUT2D eigenvalue weighted by atomic mass is 32.1. The maximum absolute atomic E-state index is 12.4. The third kappa shape index (κ3) is 2.96. The van der Waals surface area contributed by atoms with Crippen LogP contribution >= 0.6 is 11.3 Å². The first-order valence-corrected chi connectivity index (χ1v) is 8.71. The number of aryl methyl sites for hydroxylation is 2. The number of aromatic nitrogens is 4. The predicted molar refractivity (Wildman–Crippen MR) is 88.9 cm³/mol. The van der Waals surface area contributed by atoms with Crippen LogP contribution in [0, 0.1) is 0 Å². The largest absolute Gasteiger partial charge is 0.296 e. The van der Waals surface area contributed by atoms with Crippen LogP contribution in [0.5, 0.6) is 0 Å². The van der Waals surface area contributed by atoms with Crippen LogP contribution in [0.15, 0.2) is 24.5 Å². The van der Waals surface area contributed by atoms with E-state index >= 15 is 0 Å². The zero-order valence-corrected chi connectivity index (χ0v) is 13.5. The number of fused-ring (bicyclic) bond motifs is 2. The van der Waals surface area contributed by atoms with Crippen molar-refractivity contribution in [1.82, 2.24) is 19.6 Å². The maximum Gasteiger partial charge on any atom is 0.278 e. The van der Waals surface area contributed by atoms with E-state index < -0.39 is 0 Å². The molecular weight excluding hydrogens is 310 g/mol. The SMILES string of the molecule is O=C(Nc1nc2c(s1)CCCCCC2)c1cc2ncccn2n1. The molecule has 0 saturated heterocycles. The van der Waals surface area contributed by atoms with Crippen LogP contribution in [0.1, 0.15) is 46.7 Å². The minimum atomic E-state index is -0.239. The highest BCUT2D eigenvalue weighted by molar-refractivity contribution is 7.15. The van der Waals surface area contributed by atoms with Gasteiger partial charge in [-0.25, -0.2) is 14.5 Å². The van der Waals surface area contributed by atoms with E-state index in [2.05, 4.69) is 20.4 Å². The Hall–Kier alpha value is -2.28. The van der Waals surface area contributed by atoms with Crippen molar-refractivity contribution < 1.29 is 4.79 Å². The number of nitrogens with zero attached hydrogens (tertiary/aromatic N) is 4. The lowest BCUT2D eigenvalue weighted by atomic mass is 10.0. The molecule has 1 aliphatic rings. The zero-order valence-electron chi connectivity index (χ0n) is 12.7. The van der Waals surface area contributed by atoms with Gasteiger partial charge in [-0.05, 0) is 31.7 Å². The van der Waals surface area contributed by atoms with Gasteiger partial charge < -0.3 is 0 Å². The second-order valence-electron chi connectivity index (χ2n) is 5.71.